The van der Waals surface area contributed by atoms with Gasteiger partial charge in [-0.3, -0.25) is 9.59 Å². The maximum atomic E-state index is 12.0. The molecule has 0 aromatic carbocycles. The maximum absolute atomic E-state index is 12.0. The lowest BCUT2D eigenvalue weighted by Gasteiger charge is -2.34. The van der Waals surface area contributed by atoms with Crippen molar-refractivity contribution >= 4 is 55.2 Å². The van der Waals surface area contributed by atoms with E-state index in [9.17, 15) is 19.2 Å². The maximum Gasteiger partial charge on any atom is 0.329 e. The second-order valence-electron chi connectivity index (χ2n) is 6.75. The zero-order valence-corrected chi connectivity index (χ0v) is 19.3. The normalized spacial score (nSPS) is 13.9. The number of amides is 2. The Morgan fingerprint density at radius 3 is 1.26 bits per heavy atom. The van der Waals surface area contributed by atoms with E-state index in [-0.39, 0.29) is 11.8 Å². The summed E-state index contributed by atoms with van der Waals surface area (Å²) in [6.07, 6.45) is 0. The van der Waals surface area contributed by atoms with Gasteiger partial charge in [-0.15, -0.1) is 0 Å². The van der Waals surface area contributed by atoms with Gasteiger partial charge in [0.1, 0.15) is 12.1 Å². The van der Waals surface area contributed by atoms with Gasteiger partial charge in [-0.1, -0.05) is 21.6 Å². The third kappa shape index (κ3) is 8.65. The molecule has 2 N–H and O–H groups in total. The van der Waals surface area contributed by atoms with Gasteiger partial charge in [-0.2, -0.15) is 0 Å². The van der Waals surface area contributed by atoms with Crippen LogP contribution in [0.15, 0.2) is 0 Å². The molecule has 0 fully saturated rings. The Bertz CT molecular complexity index is 520. The zero-order valence-electron chi connectivity index (χ0n) is 16.8. The first kappa shape index (κ1) is 25.9. The van der Waals surface area contributed by atoms with Gasteiger partial charge in [0.2, 0.25) is 11.8 Å². The molecule has 8 nitrogen and oxygen atoms in total. The van der Waals surface area contributed by atoms with E-state index in [0.717, 1.165) is 0 Å². The second kappa shape index (κ2) is 11.1. The molecule has 2 unspecified atom stereocenters. The summed E-state index contributed by atoms with van der Waals surface area (Å²) in [5.74, 6) is -1.77. The summed E-state index contributed by atoms with van der Waals surface area (Å²) in [5, 5.41) is 5.21. The molecule has 0 heterocycles. The van der Waals surface area contributed by atoms with E-state index in [4.69, 9.17) is 9.47 Å². The van der Waals surface area contributed by atoms with Crippen molar-refractivity contribution in [3.8, 4) is 0 Å². The molecule has 2 amide bonds. The number of esters is 2. The molecular formula is C16H28N2O6S3. The fourth-order valence-electron chi connectivity index (χ4n) is 1.96. The van der Waals surface area contributed by atoms with Gasteiger partial charge in [0.15, 0.2) is 0 Å². The van der Waals surface area contributed by atoms with Crippen LogP contribution in [0.25, 0.3) is 0 Å². The quantitative estimate of drug-likeness (QED) is 0.389. The zero-order chi connectivity index (χ0) is 21.4. The molecule has 0 aromatic rings. The smallest absolute Gasteiger partial charge is 0.329 e. The number of methoxy groups -OCH3 is 2. The minimum atomic E-state index is -0.840. The Hall–Kier alpha value is -1.07. The van der Waals surface area contributed by atoms with Gasteiger partial charge in [-0.05, 0) is 37.5 Å². The molecule has 0 aromatic heterocycles. The molecule has 0 spiro atoms. The lowest BCUT2D eigenvalue weighted by Crippen LogP contribution is -2.52. The van der Waals surface area contributed by atoms with Crippen molar-refractivity contribution in [1.82, 2.24) is 10.6 Å². The number of carbonyl (C=O) groups excluding carboxylic acids is 4. The summed E-state index contributed by atoms with van der Waals surface area (Å²) in [5.41, 5.74) is 0. The predicted octanol–water partition coefficient (Wildman–Crippen LogP) is 1.93. The minimum Gasteiger partial charge on any atom is -0.467 e. The van der Waals surface area contributed by atoms with E-state index >= 15 is 0 Å². The van der Waals surface area contributed by atoms with Crippen LogP contribution in [0.2, 0.25) is 0 Å². The van der Waals surface area contributed by atoms with E-state index in [0.29, 0.717) is 0 Å². The molecule has 0 aliphatic heterocycles. The van der Waals surface area contributed by atoms with Gasteiger partial charge >= 0.3 is 11.9 Å². The van der Waals surface area contributed by atoms with Crippen molar-refractivity contribution in [2.24, 2.45) is 0 Å². The van der Waals surface area contributed by atoms with Gasteiger partial charge in [-0.25, -0.2) is 9.59 Å². The van der Waals surface area contributed by atoms with E-state index in [2.05, 4.69) is 10.6 Å². The van der Waals surface area contributed by atoms with Crippen molar-refractivity contribution < 1.29 is 28.7 Å². The molecular weight excluding hydrogens is 412 g/mol. The molecule has 2 atom stereocenters. The van der Waals surface area contributed by atoms with Crippen LogP contribution in [0.4, 0.5) is 0 Å². The molecule has 0 radical (unpaired) electrons. The minimum absolute atomic E-state index is 0.339. The van der Waals surface area contributed by atoms with E-state index < -0.39 is 33.5 Å². The first-order chi connectivity index (χ1) is 12.3. The SMILES string of the molecule is COC(=O)C(NC(C)=O)C(C)(C)SSSC(C)(C)C(NC(C)=O)C(=O)OC. The molecule has 0 saturated carbocycles. The Morgan fingerprint density at radius 1 is 0.741 bits per heavy atom. The predicted molar refractivity (Wildman–Crippen MR) is 110 cm³/mol. The average molecular weight is 441 g/mol. The summed E-state index contributed by atoms with van der Waals surface area (Å²) in [4.78, 5) is 46.9. The highest BCUT2D eigenvalue weighted by atomic mass is 33.5. The first-order valence-corrected chi connectivity index (χ1v) is 11.5. The number of rotatable bonds is 10. The van der Waals surface area contributed by atoms with Crippen LogP contribution in [0.3, 0.4) is 0 Å². The molecule has 0 aliphatic rings. The molecule has 0 rings (SSSR count). The lowest BCUT2D eigenvalue weighted by atomic mass is 10.0. The summed E-state index contributed by atoms with van der Waals surface area (Å²) in [7, 11) is 6.58. The van der Waals surface area contributed by atoms with Gasteiger partial charge in [0.25, 0.3) is 0 Å². The monoisotopic (exact) mass is 440 g/mol. The molecule has 0 aliphatic carbocycles. The summed E-state index contributed by atoms with van der Waals surface area (Å²) in [6, 6.07) is -1.68. The van der Waals surface area contributed by atoms with Gasteiger partial charge in [0, 0.05) is 13.8 Å². The fraction of sp³-hybridized carbons (Fsp3) is 0.750. The molecule has 0 saturated heterocycles. The molecule has 11 heteroatoms. The van der Waals surface area contributed by atoms with Crippen LogP contribution in [-0.4, -0.2) is 59.6 Å². The Labute approximate surface area is 171 Å². The lowest BCUT2D eigenvalue weighted by molar-refractivity contribution is -0.146. The third-order valence-electron chi connectivity index (χ3n) is 3.46. The third-order valence-corrected chi connectivity index (χ3v) is 9.13. The summed E-state index contributed by atoms with van der Waals surface area (Å²) < 4.78 is 8.18. The number of nitrogens with one attached hydrogen (secondary N) is 2. The van der Waals surface area contributed by atoms with Crippen molar-refractivity contribution in [2.75, 3.05) is 14.2 Å². The largest absolute Gasteiger partial charge is 0.467 e. The fourth-order valence-corrected chi connectivity index (χ4v) is 8.05. The van der Waals surface area contributed by atoms with Gasteiger partial charge in [0.05, 0.1) is 23.7 Å². The van der Waals surface area contributed by atoms with Crippen LogP contribution in [0, 0.1) is 0 Å². The standard InChI is InChI=1S/C16H28N2O6S3/c1-9(19)17-11(13(21)23-7)15(3,4)25-27-26-16(5,6)12(14(22)24-8)18-10(2)20/h11-12H,1-8H3,(H,17,19)(H,18,20). The van der Waals surface area contributed by atoms with Gasteiger partial charge < -0.3 is 20.1 Å². The highest BCUT2D eigenvalue weighted by Gasteiger charge is 2.41. The van der Waals surface area contributed by atoms with Crippen molar-refractivity contribution in [3.05, 3.63) is 0 Å². The topological polar surface area (TPSA) is 111 Å². The highest BCUT2D eigenvalue weighted by Crippen LogP contribution is 2.50. The Morgan fingerprint density at radius 2 is 1.04 bits per heavy atom. The first-order valence-electron chi connectivity index (χ1n) is 8.01. The van der Waals surface area contributed by atoms with Crippen molar-refractivity contribution in [3.63, 3.8) is 0 Å². The number of hydrogen-bond acceptors (Lipinski definition) is 9. The highest BCUT2D eigenvalue weighted by molar-refractivity contribution is 9.09. The van der Waals surface area contributed by atoms with Crippen LogP contribution in [0.1, 0.15) is 41.5 Å². The average Bonchev–Trinajstić information content (AvgIpc) is 2.55. The van der Waals surface area contributed by atoms with Crippen molar-refractivity contribution in [1.29, 1.82) is 0 Å². The molecule has 0 bridgehead atoms. The Kier molecular flexibility index (Phi) is 10.6. The number of hydrogen-bond donors (Lipinski definition) is 2. The summed E-state index contributed by atoms with van der Waals surface area (Å²) in [6.45, 7) is 9.89. The van der Waals surface area contributed by atoms with Crippen LogP contribution >= 0.6 is 31.4 Å². The van der Waals surface area contributed by atoms with E-state index in [1.54, 1.807) is 27.7 Å². The van der Waals surface area contributed by atoms with Crippen LogP contribution in [-0.2, 0) is 28.7 Å². The second-order valence-corrected chi connectivity index (χ2v) is 12.0. The van der Waals surface area contributed by atoms with E-state index in [1.165, 1.54) is 59.5 Å². The van der Waals surface area contributed by atoms with E-state index in [1.807, 2.05) is 0 Å². The van der Waals surface area contributed by atoms with Crippen LogP contribution < -0.4 is 10.6 Å². The number of ether oxygens (including phenoxy) is 2. The van der Waals surface area contributed by atoms with Crippen molar-refractivity contribution in [2.45, 2.75) is 63.1 Å². The molecule has 27 heavy (non-hydrogen) atoms. The number of carbonyl (C=O) groups is 4. The van der Waals surface area contributed by atoms with Crippen LogP contribution in [0.5, 0.6) is 0 Å². The molecule has 156 valence electrons. The Balaban J connectivity index is 5.15. The summed E-state index contributed by atoms with van der Waals surface area (Å²) >= 11 is 0.